The lowest BCUT2D eigenvalue weighted by molar-refractivity contribution is 0.0673. The molecule has 0 aliphatic carbocycles. The summed E-state index contributed by atoms with van der Waals surface area (Å²) in [6, 6.07) is 13.5. The molecule has 8 nitrogen and oxygen atoms in total. The number of aromatic nitrogens is 4. The topological polar surface area (TPSA) is 103 Å². The van der Waals surface area contributed by atoms with Crippen LogP contribution in [0.2, 0.25) is 0 Å². The third-order valence-corrected chi connectivity index (χ3v) is 5.20. The van der Waals surface area contributed by atoms with Crippen LogP contribution in [-0.4, -0.2) is 37.8 Å². The molecule has 1 fully saturated rings. The molecule has 29 heavy (non-hydrogen) atoms. The minimum Gasteiger partial charge on any atom is -0.476 e. The molecule has 0 spiro atoms. The van der Waals surface area contributed by atoms with Crippen molar-refractivity contribution in [1.29, 1.82) is 0 Å². The van der Waals surface area contributed by atoms with Gasteiger partial charge >= 0.3 is 5.97 Å². The van der Waals surface area contributed by atoms with E-state index in [0.717, 1.165) is 40.6 Å². The van der Waals surface area contributed by atoms with Crippen LogP contribution in [0.4, 0.5) is 0 Å². The third-order valence-electron chi connectivity index (χ3n) is 5.20. The van der Waals surface area contributed by atoms with Crippen molar-refractivity contribution in [3.8, 4) is 17.0 Å². The Morgan fingerprint density at radius 2 is 2.07 bits per heavy atom. The van der Waals surface area contributed by atoms with Gasteiger partial charge in [-0.3, -0.25) is 0 Å². The zero-order valence-corrected chi connectivity index (χ0v) is 15.7. The van der Waals surface area contributed by atoms with E-state index in [0.29, 0.717) is 18.1 Å². The Hall–Kier alpha value is -3.52. The Balaban J connectivity index is 1.71. The fourth-order valence-corrected chi connectivity index (χ4v) is 3.81. The number of ether oxygens (including phenoxy) is 1. The summed E-state index contributed by atoms with van der Waals surface area (Å²) in [6.45, 7) is 2.52. The van der Waals surface area contributed by atoms with Gasteiger partial charge in [-0.25, -0.2) is 9.48 Å². The largest absolute Gasteiger partial charge is 0.476 e. The summed E-state index contributed by atoms with van der Waals surface area (Å²) >= 11 is 0. The summed E-state index contributed by atoms with van der Waals surface area (Å²) in [5, 5.41) is 22.7. The third kappa shape index (κ3) is 2.89. The normalized spacial score (nSPS) is 16.5. The fraction of sp³-hybridized carbons (Fsp3) is 0.238. The van der Waals surface area contributed by atoms with Crippen molar-refractivity contribution in [2.45, 2.75) is 25.9 Å². The zero-order chi connectivity index (χ0) is 20.0. The molecule has 3 heterocycles. The standard InChI is InChI=1S/C21H18N4O4/c1-12-10-15-14(20(29-23-15)13-6-3-2-4-7-13)11-16(12)25-19(17-8-5-9-28-17)18(21(26)27)22-24-25/h2-4,6-7,10-11,17H,5,8-9H2,1H3,(H,26,27). The molecule has 1 unspecified atom stereocenters. The van der Waals surface area contributed by atoms with Crippen LogP contribution >= 0.6 is 0 Å². The van der Waals surface area contributed by atoms with Gasteiger partial charge in [-0.05, 0) is 37.5 Å². The molecule has 0 bridgehead atoms. The molecular weight excluding hydrogens is 372 g/mol. The molecule has 1 aliphatic rings. The lowest BCUT2D eigenvalue weighted by atomic mass is 10.0. The van der Waals surface area contributed by atoms with Crippen LogP contribution < -0.4 is 0 Å². The number of rotatable bonds is 4. The van der Waals surface area contributed by atoms with E-state index in [1.807, 2.05) is 49.4 Å². The highest BCUT2D eigenvalue weighted by Crippen LogP contribution is 2.35. The molecule has 1 saturated heterocycles. The van der Waals surface area contributed by atoms with Crippen LogP contribution in [-0.2, 0) is 4.74 Å². The molecule has 2 aromatic heterocycles. The highest BCUT2D eigenvalue weighted by molar-refractivity contribution is 5.93. The Kier molecular flexibility index (Phi) is 4.13. The van der Waals surface area contributed by atoms with E-state index < -0.39 is 5.97 Å². The lowest BCUT2D eigenvalue weighted by Gasteiger charge is -2.14. The van der Waals surface area contributed by atoms with Gasteiger partial charge in [0.05, 0.1) is 11.1 Å². The van der Waals surface area contributed by atoms with Gasteiger partial charge in [0.2, 0.25) is 0 Å². The molecule has 1 aliphatic heterocycles. The predicted octanol–water partition coefficient (Wildman–Crippen LogP) is 3.93. The Labute approximate surface area is 165 Å². The molecule has 0 saturated carbocycles. The van der Waals surface area contributed by atoms with Crippen molar-refractivity contribution in [3.05, 3.63) is 59.4 Å². The number of carboxylic acids is 1. The van der Waals surface area contributed by atoms with Crippen LogP contribution in [0.5, 0.6) is 0 Å². The molecular formula is C21H18N4O4. The number of hydrogen-bond donors (Lipinski definition) is 1. The van der Waals surface area contributed by atoms with Crippen molar-refractivity contribution in [2.75, 3.05) is 6.61 Å². The Morgan fingerprint density at radius 3 is 2.79 bits per heavy atom. The first-order valence-corrected chi connectivity index (χ1v) is 9.40. The lowest BCUT2D eigenvalue weighted by Crippen LogP contribution is -2.12. The maximum absolute atomic E-state index is 11.7. The predicted molar refractivity (Wildman–Crippen MR) is 104 cm³/mol. The first kappa shape index (κ1) is 17.6. The van der Waals surface area contributed by atoms with Gasteiger partial charge in [0.1, 0.15) is 17.3 Å². The number of nitrogens with zero attached hydrogens (tertiary/aromatic N) is 4. The molecule has 4 aromatic rings. The smallest absolute Gasteiger partial charge is 0.358 e. The maximum Gasteiger partial charge on any atom is 0.358 e. The van der Waals surface area contributed by atoms with Gasteiger partial charge in [-0.1, -0.05) is 40.7 Å². The van der Waals surface area contributed by atoms with Crippen LogP contribution in [0.25, 0.3) is 27.9 Å². The summed E-state index contributed by atoms with van der Waals surface area (Å²) in [5.74, 6) is -0.463. The van der Waals surface area contributed by atoms with E-state index in [1.165, 1.54) is 0 Å². The minimum atomic E-state index is -1.12. The molecule has 0 amide bonds. The van der Waals surface area contributed by atoms with Gasteiger partial charge in [0.25, 0.3) is 0 Å². The van der Waals surface area contributed by atoms with Crippen molar-refractivity contribution in [3.63, 3.8) is 0 Å². The number of carboxylic acid groups (broad SMARTS) is 1. The van der Waals surface area contributed by atoms with Crippen molar-refractivity contribution < 1.29 is 19.2 Å². The number of fused-ring (bicyclic) bond motifs is 1. The average molecular weight is 390 g/mol. The van der Waals surface area contributed by atoms with Gasteiger partial charge in [0.15, 0.2) is 11.5 Å². The molecule has 146 valence electrons. The van der Waals surface area contributed by atoms with Gasteiger partial charge < -0.3 is 14.4 Å². The summed E-state index contributed by atoms with van der Waals surface area (Å²) in [7, 11) is 0. The Bertz CT molecular complexity index is 1210. The van der Waals surface area contributed by atoms with E-state index in [4.69, 9.17) is 9.26 Å². The van der Waals surface area contributed by atoms with Crippen LogP contribution in [0.15, 0.2) is 47.0 Å². The second kappa shape index (κ2) is 6.82. The Morgan fingerprint density at radius 1 is 1.24 bits per heavy atom. The molecule has 0 radical (unpaired) electrons. The van der Waals surface area contributed by atoms with E-state index in [2.05, 4.69) is 15.5 Å². The first-order chi connectivity index (χ1) is 14.1. The highest BCUT2D eigenvalue weighted by Gasteiger charge is 2.31. The number of benzene rings is 2. The SMILES string of the molecule is Cc1cc2noc(-c3ccccc3)c2cc1-n1nnc(C(=O)O)c1C1CCCO1. The van der Waals surface area contributed by atoms with Crippen molar-refractivity contribution in [2.24, 2.45) is 0 Å². The summed E-state index contributed by atoms with van der Waals surface area (Å²) in [6.07, 6.45) is 1.26. The molecule has 2 aromatic carbocycles. The zero-order valence-electron chi connectivity index (χ0n) is 15.7. The van der Waals surface area contributed by atoms with Gasteiger partial charge in [-0.2, -0.15) is 0 Å². The molecule has 5 rings (SSSR count). The van der Waals surface area contributed by atoms with Gasteiger partial charge in [0, 0.05) is 12.2 Å². The minimum absolute atomic E-state index is 0.0787. The highest BCUT2D eigenvalue weighted by atomic mass is 16.5. The summed E-state index contributed by atoms with van der Waals surface area (Å²) in [4.78, 5) is 11.7. The number of aryl methyl sites for hydroxylation is 1. The summed E-state index contributed by atoms with van der Waals surface area (Å²) in [5.41, 5.74) is 3.63. The number of carbonyl (C=O) groups is 1. The molecule has 1 atom stereocenters. The first-order valence-electron chi connectivity index (χ1n) is 9.40. The van der Waals surface area contributed by atoms with Crippen LogP contribution in [0.3, 0.4) is 0 Å². The molecule has 1 N–H and O–H groups in total. The molecule has 8 heteroatoms. The quantitative estimate of drug-likeness (QED) is 0.563. The van der Waals surface area contributed by atoms with E-state index in [-0.39, 0.29) is 11.8 Å². The number of aromatic carboxylic acids is 1. The maximum atomic E-state index is 11.7. The van der Waals surface area contributed by atoms with E-state index in [1.54, 1.807) is 4.68 Å². The summed E-state index contributed by atoms with van der Waals surface area (Å²) < 4.78 is 12.9. The van der Waals surface area contributed by atoms with E-state index in [9.17, 15) is 9.90 Å². The van der Waals surface area contributed by atoms with Gasteiger partial charge in [-0.15, -0.1) is 5.10 Å². The van der Waals surface area contributed by atoms with Crippen LogP contribution in [0, 0.1) is 6.92 Å². The second-order valence-electron chi connectivity index (χ2n) is 7.08. The van der Waals surface area contributed by atoms with Crippen molar-refractivity contribution in [1.82, 2.24) is 20.2 Å². The average Bonchev–Trinajstić information content (AvgIpc) is 3.46. The van der Waals surface area contributed by atoms with Crippen molar-refractivity contribution >= 4 is 16.9 Å². The fourth-order valence-electron chi connectivity index (χ4n) is 3.81. The number of hydrogen-bond acceptors (Lipinski definition) is 6. The second-order valence-corrected chi connectivity index (χ2v) is 7.08. The van der Waals surface area contributed by atoms with Crippen LogP contribution in [0.1, 0.15) is 40.7 Å². The van der Waals surface area contributed by atoms with E-state index >= 15 is 0 Å². The monoisotopic (exact) mass is 390 g/mol.